The number of amides is 1. The van der Waals surface area contributed by atoms with E-state index in [4.69, 9.17) is 10.8 Å². The average Bonchev–Trinajstić information content (AvgIpc) is 2.47. The van der Waals surface area contributed by atoms with E-state index in [9.17, 15) is 9.59 Å². The van der Waals surface area contributed by atoms with Crippen molar-refractivity contribution in [3.63, 3.8) is 0 Å². The maximum absolute atomic E-state index is 12.4. The van der Waals surface area contributed by atoms with Gasteiger partial charge in [0.05, 0.1) is 6.04 Å². The number of rotatable bonds is 5. The van der Waals surface area contributed by atoms with Gasteiger partial charge in [-0.1, -0.05) is 30.3 Å². The van der Waals surface area contributed by atoms with Gasteiger partial charge in [0.1, 0.15) is 0 Å². The minimum atomic E-state index is -0.803. The van der Waals surface area contributed by atoms with Gasteiger partial charge in [0.15, 0.2) is 0 Å². The number of carbonyl (C=O) groups is 2. The lowest BCUT2D eigenvalue weighted by molar-refractivity contribution is -0.141. The Morgan fingerprint density at radius 1 is 1.33 bits per heavy atom. The number of benzene rings is 1. The van der Waals surface area contributed by atoms with Crippen molar-refractivity contribution < 1.29 is 14.7 Å². The van der Waals surface area contributed by atoms with Crippen LogP contribution in [0.4, 0.5) is 0 Å². The molecule has 0 spiro atoms. The number of carbonyl (C=O) groups excluding carboxylic acids is 1. The molecule has 0 aliphatic carbocycles. The second-order valence-corrected chi connectivity index (χ2v) is 5.69. The third-order valence-electron chi connectivity index (χ3n) is 3.91. The molecule has 2 rings (SSSR count). The Bertz CT molecular complexity index is 490. The maximum Gasteiger partial charge on any atom is 0.303 e. The summed E-state index contributed by atoms with van der Waals surface area (Å²) in [5, 5.41) is 8.87. The molecule has 1 saturated heterocycles. The molecule has 5 heteroatoms. The maximum atomic E-state index is 12.4. The summed E-state index contributed by atoms with van der Waals surface area (Å²) >= 11 is 0. The molecule has 1 fully saturated rings. The Morgan fingerprint density at radius 3 is 2.71 bits per heavy atom. The normalized spacial score (nSPS) is 20.0. The van der Waals surface area contributed by atoms with Crippen molar-refractivity contribution in [3.05, 3.63) is 35.9 Å². The van der Waals surface area contributed by atoms with Crippen LogP contribution >= 0.6 is 0 Å². The number of likely N-dealkylation sites (tertiary alicyclic amines) is 1. The lowest BCUT2D eigenvalue weighted by Crippen LogP contribution is -2.49. The third-order valence-corrected chi connectivity index (χ3v) is 3.91. The van der Waals surface area contributed by atoms with Crippen molar-refractivity contribution in [2.45, 2.75) is 31.7 Å². The highest BCUT2D eigenvalue weighted by Crippen LogP contribution is 2.20. The van der Waals surface area contributed by atoms with Crippen LogP contribution in [-0.2, 0) is 16.0 Å². The van der Waals surface area contributed by atoms with Crippen LogP contribution in [-0.4, -0.2) is 41.0 Å². The highest BCUT2D eigenvalue weighted by molar-refractivity contribution is 5.82. The molecule has 1 aliphatic heterocycles. The fourth-order valence-corrected chi connectivity index (χ4v) is 2.87. The van der Waals surface area contributed by atoms with E-state index in [1.807, 2.05) is 30.3 Å². The number of nitrogens with zero attached hydrogens (tertiary/aromatic N) is 1. The summed E-state index contributed by atoms with van der Waals surface area (Å²) in [7, 11) is 0. The van der Waals surface area contributed by atoms with E-state index in [0.717, 1.165) is 18.4 Å². The second kappa shape index (κ2) is 7.22. The molecular formula is C16H22N2O3. The van der Waals surface area contributed by atoms with Crippen molar-refractivity contribution in [3.8, 4) is 0 Å². The van der Waals surface area contributed by atoms with Gasteiger partial charge >= 0.3 is 5.97 Å². The predicted molar refractivity (Wildman–Crippen MR) is 79.7 cm³/mol. The Labute approximate surface area is 124 Å². The van der Waals surface area contributed by atoms with Crippen LogP contribution in [0.25, 0.3) is 0 Å². The molecule has 0 aromatic heterocycles. The lowest BCUT2D eigenvalue weighted by atomic mass is 9.94. The van der Waals surface area contributed by atoms with Crippen LogP contribution < -0.4 is 5.73 Å². The van der Waals surface area contributed by atoms with Crippen molar-refractivity contribution in [1.29, 1.82) is 0 Å². The summed E-state index contributed by atoms with van der Waals surface area (Å²) in [5.74, 6) is -0.832. The topological polar surface area (TPSA) is 83.6 Å². The summed E-state index contributed by atoms with van der Waals surface area (Å²) in [4.78, 5) is 24.9. The number of piperidine rings is 1. The van der Waals surface area contributed by atoms with Gasteiger partial charge in [0.2, 0.25) is 5.91 Å². The number of aliphatic carboxylic acids is 1. The van der Waals surface area contributed by atoms with E-state index < -0.39 is 12.0 Å². The van der Waals surface area contributed by atoms with E-state index in [0.29, 0.717) is 19.5 Å². The Balaban J connectivity index is 1.91. The molecule has 114 valence electrons. The summed E-state index contributed by atoms with van der Waals surface area (Å²) in [6.07, 6.45) is 2.35. The van der Waals surface area contributed by atoms with Crippen LogP contribution in [0.15, 0.2) is 30.3 Å². The predicted octanol–water partition coefficient (Wildman–Crippen LogP) is 1.27. The summed E-state index contributed by atoms with van der Waals surface area (Å²) < 4.78 is 0. The molecule has 2 atom stereocenters. The van der Waals surface area contributed by atoms with Gasteiger partial charge in [-0.3, -0.25) is 9.59 Å². The number of hydrogen-bond acceptors (Lipinski definition) is 3. The Morgan fingerprint density at radius 2 is 2.05 bits per heavy atom. The van der Waals surface area contributed by atoms with E-state index in [-0.39, 0.29) is 18.2 Å². The van der Waals surface area contributed by atoms with Crippen molar-refractivity contribution in [2.75, 3.05) is 13.1 Å². The van der Waals surface area contributed by atoms with Crippen LogP contribution in [0.3, 0.4) is 0 Å². The van der Waals surface area contributed by atoms with Gasteiger partial charge < -0.3 is 15.7 Å². The van der Waals surface area contributed by atoms with Crippen LogP contribution in [0, 0.1) is 5.92 Å². The number of nitrogens with two attached hydrogens (primary N) is 1. The zero-order chi connectivity index (χ0) is 15.2. The summed E-state index contributed by atoms with van der Waals surface area (Å²) in [6.45, 7) is 1.19. The van der Waals surface area contributed by atoms with Crippen LogP contribution in [0.1, 0.15) is 24.8 Å². The van der Waals surface area contributed by atoms with E-state index >= 15 is 0 Å². The molecule has 1 unspecified atom stereocenters. The highest BCUT2D eigenvalue weighted by Gasteiger charge is 2.28. The molecule has 1 amide bonds. The minimum absolute atomic E-state index is 0.0455. The van der Waals surface area contributed by atoms with Crippen LogP contribution in [0.5, 0.6) is 0 Å². The molecule has 1 aliphatic rings. The molecule has 21 heavy (non-hydrogen) atoms. The SMILES string of the molecule is N[C@@H](Cc1ccccc1)C(=O)N1CCCC(CC(=O)O)C1. The van der Waals surface area contributed by atoms with Crippen LogP contribution in [0.2, 0.25) is 0 Å². The first-order valence-corrected chi connectivity index (χ1v) is 7.36. The Hall–Kier alpha value is -1.88. The first-order chi connectivity index (χ1) is 10.1. The van der Waals surface area contributed by atoms with Gasteiger partial charge in [-0.05, 0) is 30.7 Å². The number of hydrogen-bond donors (Lipinski definition) is 2. The average molecular weight is 290 g/mol. The van der Waals surface area contributed by atoms with Crippen molar-refractivity contribution in [2.24, 2.45) is 11.7 Å². The molecule has 0 saturated carbocycles. The molecule has 3 N–H and O–H groups in total. The van der Waals surface area contributed by atoms with E-state index in [1.165, 1.54) is 0 Å². The molecule has 0 radical (unpaired) electrons. The third kappa shape index (κ3) is 4.56. The molecule has 5 nitrogen and oxygen atoms in total. The van der Waals surface area contributed by atoms with E-state index in [1.54, 1.807) is 4.90 Å². The van der Waals surface area contributed by atoms with Gasteiger partial charge in [-0.2, -0.15) is 0 Å². The number of carboxylic acid groups (broad SMARTS) is 1. The first-order valence-electron chi connectivity index (χ1n) is 7.36. The summed E-state index contributed by atoms with van der Waals surface area (Å²) in [5.41, 5.74) is 7.06. The smallest absolute Gasteiger partial charge is 0.303 e. The standard InChI is InChI=1S/C16H22N2O3/c17-14(9-12-5-2-1-3-6-12)16(21)18-8-4-7-13(11-18)10-15(19)20/h1-3,5-6,13-14H,4,7-11,17H2,(H,19,20)/t13?,14-/m0/s1. The molecule has 1 aromatic rings. The zero-order valence-electron chi connectivity index (χ0n) is 12.1. The molecule has 0 bridgehead atoms. The molecule has 1 aromatic carbocycles. The lowest BCUT2D eigenvalue weighted by Gasteiger charge is -2.33. The molecule has 1 heterocycles. The van der Waals surface area contributed by atoms with Gasteiger partial charge in [-0.15, -0.1) is 0 Å². The Kier molecular flexibility index (Phi) is 5.33. The number of carboxylic acids is 1. The van der Waals surface area contributed by atoms with E-state index in [2.05, 4.69) is 0 Å². The van der Waals surface area contributed by atoms with Crippen molar-refractivity contribution >= 4 is 11.9 Å². The van der Waals surface area contributed by atoms with Gasteiger partial charge in [-0.25, -0.2) is 0 Å². The first kappa shape index (κ1) is 15.5. The minimum Gasteiger partial charge on any atom is -0.481 e. The second-order valence-electron chi connectivity index (χ2n) is 5.69. The monoisotopic (exact) mass is 290 g/mol. The fraction of sp³-hybridized carbons (Fsp3) is 0.500. The quantitative estimate of drug-likeness (QED) is 0.855. The van der Waals surface area contributed by atoms with Gasteiger partial charge in [0.25, 0.3) is 0 Å². The zero-order valence-corrected chi connectivity index (χ0v) is 12.1. The fourth-order valence-electron chi connectivity index (χ4n) is 2.87. The summed E-state index contributed by atoms with van der Waals surface area (Å²) in [6, 6.07) is 9.13. The van der Waals surface area contributed by atoms with Crippen molar-refractivity contribution in [1.82, 2.24) is 4.90 Å². The molecular weight excluding hydrogens is 268 g/mol. The van der Waals surface area contributed by atoms with Gasteiger partial charge in [0, 0.05) is 19.5 Å². The highest BCUT2D eigenvalue weighted by atomic mass is 16.4. The largest absolute Gasteiger partial charge is 0.481 e.